The van der Waals surface area contributed by atoms with Crippen LogP contribution in [-0.2, 0) is 23.8 Å². The molecule has 5 heteroatoms. The van der Waals surface area contributed by atoms with Crippen molar-refractivity contribution in [1.29, 1.82) is 0 Å². The number of ether oxygens (including phenoxy) is 3. The van der Waals surface area contributed by atoms with Gasteiger partial charge in [0.25, 0.3) is 0 Å². The first-order valence-electron chi connectivity index (χ1n) is 26.1. The van der Waals surface area contributed by atoms with Gasteiger partial charge in [-0.15, -0.1) is 0 Å². The molecule has 62 heavy (non-hydrogen) atoms. The Kier molecular flexibility index (Phi) is 50.0. The summed E-state index contributed by atoms with van der Waals surface area (Å²) >= 11 is 0. The summed E-state index contributed by atoms with van der Waals surface area (Å²) in [5, 5.41) is 0. The lowest BCUT2D eigenvalue weighted by Crippen LogP contribution is -2.30. The molecule has 5 nitrogen and oxygen atoms in total. The van der Waals surface area contributed by atoms with Gasteiger partial charge in [0, 0.05) is 19.4 Å². The van der Waals surface area contributed by atoms with Gasteiger partial charge in [-0.25, -0.2) is 0 Å². The van der Waals surface area contributed by atoms with E-state index in [1.807, 2.05) is 0 Å². The van der Waals surface area contributed by atoms with Gasteiger partial charge in [0.1, 0.15) is 6.61 Å². The first-order valence-corrected chi connectivity index (χ1v) is 26.1. The summed E-state index contributed by atoms with van der Waals surface area (Å²) in [6.45, 7) is 7.55. The molecule has 0 rings (SSSR count). The van der Waals surface area contributed by atoms with Crippen LogP contribution in [0.5, 0.6) is 0 Å². The van der Waals surface area contributed by atoms with Crippen LogP contribution in [0.1, 0.15) is 239 Å². The van der Waals surface area contributed by atoms with Crippen molar-refractivity contribution < 1.29 is 23.8 Å². The number of carbonyl (C=O) groups excluding carboxylic acids is 2. The number of rotatable bonds is 47. The summed E-state index contributed by atoms with van der Waals surface area (Å²) in [6, 6.07) is 0. The molecule has 1 atom stereocenters. The van der Waals surface area contributed by atoms with Crippen LogP contribution in [0, 0.1) is 0 Å². The Morgan fingerprint density at radius 2 is 0.726 bits per heavy atom. The highest BCUT2D eigenvalue weighted by Gasteiger charge is 2.17. The maximum Gasteiger partial charge on any atom is 0.306 e. The predicted octanol–water partition coefficient (Wildman–Crippen LogP) is 17.7. The van der Waals surface area contributed by atoms with Crippen molar-refractivity contribution in [3.05, 3.63) is 85.1 Å². The molecule has 356 valence electrons. The molecule has 0 aliphatic heterocycles. The second-order valence-corrected chi connectivity index (χ2v) is 17.0. The minimum absolute atomic E-state index is 0.0569. The summed E-state index contributed by atoms with van der Waals surface area (Å²) in [6.07, 6.45) is 68.8. The highest BCUT2D eigenvalue weighted by molar-refractivity contribution is 5.70. The van der Waals surface area contributed by atoms with Gasteiger partial charge in [0.2, 0.25) is 0 Å². The van der Waals surface area contributed by atoms with Crippen molar-refractivity contribution in [1.82, 2.24) is 0 Å². The van der Waals surface area contributed by atoms with Crippen molar-refractivity contribution in [2.75, 3.05) is 19.8 Å². The quantitative estimate of drug-likeness (QED) is 0.0346. The minimum Gasteiger partial charge on any atom is -0.462 e. The maximum absolute atomic E-state index is 12.8. The van der Waals surface area contributed by atoms with Crippen LogP contribution in [0.15, 0.2) is 85.1 Å². The van der Waals surface area contributed by atoms with E-state index in [2.05, 4.69) is 106 Å². The number of allylic oxidation sites excluding steroid dienone is 14. The van der Waals surface area contributed by atoms with E-state index in [-0.39, 0.29) is 25.2 Å². The molecule has 0 bridgehead atoms. The van der Waals surface area contributed by atoms with Gasteiger partial charge in [0.05, 0.1) is 6.61 Å². The molecule has 0 aliphatic rings. The summed E-state index contributed by atoms with van der Waals surface area (Å²) in [7, 11) is 0. The highest BCUT2D eigenvalue weighted by Crippen LogP contribution is 2.15. The first-order chi connectivity index (χ1) is 30.6. The van der Waals surface area contributed by atoms with Crippen molar-refractivity contribution in [3.63, 3.8) is 0 Å². The Hall–Kier alpha value is -2.92. The SMILES string of the molecule is CC/C=C\C/C=C\C/C=C\C/C=C\CCCCC(=O)OCC(COCCCCCCCC/C=C\C/C=C\C/C=C\CC)OC(=O)CCCCCCCCCCCCCCCCC. The molecule has 1 unspecified atom stereocenters. The van der Waals surface area contributed by atoms with Gasteiger partial charge in [-0.05, 0) is 89.9 Å². The van der Waals surface area contributed by atoms with Crippen molar-refractivity contribution >= 4 is 11.9 Å². The Bertz CT molecular complexity index is 1160. The topological polar surface area (TPSA) is 61.8 Å². The molecular weight excluding hydrogens is 765 g/mol. The molecule has 0 N–H and O–H groups in total. The Morgan fingerprint density at radius 3 is 1.19 bits per heavy atom. The number of hydrogen-bond acceptors (Lipinski definition) is 5. The van der Waals surface area contributed by atoms with E-state index < -0.39 is 6.10 Å². The van der Waals surface area contributed by atoms with E-state index in [1.165, 1.54) is 109 Å². The molecule has 0 heterocycles. The van der Waals surface area contributed by atoms with Gasteiger partial charge in [-0.1, -0.05) is 221 Å². The predicted molar refractivity (Wildman–Crippen MR) is 270 cm³/mol. The maximum atomic E-state index is 12.8. The molecule has 0 amide bonds. The van der Waals surface area contributed by atoms with Crippen LogP contribution >= 0.6 is 0 Å². The number of unbranched alkanes of at least 4 members (excludes halogenated alkanes) is 22. The summed E-state index contributed by atoms with van der Waals surface area (Å²) < 4.78 is 17.4. The van der Waals surface area contributed by atoms with E-state index in [1.54, 1.807) is 0 Å². The zero-order chi connectivity index (χ0) is 44.9. The molecule has 0 fully saturated rings. The van der Waals surface area contributed by atoms with Crippen LogP contribution in [0.25, 0.3) is 0 Å². The normalized spacial score (nSPS) is 12.9. The van der Waals surface area contributed by atoms with Crippen molar-refractivity contribution in [2.45, 2.75) is 245 Å². The zero-order valence-corrected chi connectivity index (χ0v) is 40.9. The zero-order valence-electron chi connectivity index (χ0n) is 40.9. The van der Waals surface area contributed by atoms with Gasteiger partial charge >= 0.3 is 11.9 Å². The van der Waals surface area contributed by atoms with Crippen LogP contribution in [0.4, 0.5) is 0 Å². The van der Waals surface area contributed by atoms with Gasteiger partial charge in [0.15, 0.2) is 6.10 Å². The largest absolute Gasteiger partial charge is 0.462 e. The molecule has 0 saturated carbocycles. The monoisotopic (exact) mass is 863 g/mol. The average Bonchev–Trinajstić information content (AvgIpc) is 3.27. The minimum atomic E-state index is -0.561. The number of carbonyl (C=O) groups is 2. The smallest absolute Gasteiger partial charge is 0.306 e. The molecule has 0 spiro atoms. The fourth-order valence-corrected chi connectivity index (χ4v) is 7.10. The third-order valence-corrected chi connectivity index (χ3v) is 10.9. The molecule has 0 saturated heterocycles. The second-order valence-electron chi connectivity index (χ2n) is 17.0. The van der Waals surface area contributed by atoms with Gasteiger partial charge in [-0.3, -0.25) is 9.59 Å². The summed E-state index contributed by atoms with van der Waals surface area (Å²) in [4.78, 5) is 25.4. The highest BCUT2D eigenvalue weighted by atomic mass is 16.6. The van der Waals surface area contributed by atoms with Crippen LogP contribution in [0.3, 0.4) is 0 Å². The van der Waals surface area contributed by atoms with Crippen LogP contribution in [-0.4, -0.2) is 37.9 Å². The third-order valence-electron chi connectivity index (χ3n) is 10.9. The van der Waals surface area contributed by atoms with E-state index in [9.17, 15) is 9.59 Å². The Morgan fingerprint density at radius 1 is 0.371 bits per heavy atom. The number of esters is 2. The standard InChI is InChI=1S/C57H98O5/c1-4-7-10-13-16-19-22-25-28-31-34-37-40-43-46-49-52-60-53-55(62-57(59)51-48-45-42-39-36-33-30-27-24-21-18-15-12-9-6-3)54-61-56(58)50-47-44-41-38-35-32-29-26-23-20-17-14-11-8-5-2/h7-8,10-11,16-17,19-20,25-26,28-29,35,38,55H,4-6,9,12-15,18,21-24,27,30-34,36-37,39-54H2,1-3H3/b10-7-,11-8-,19-16-,20-17-,28-25-,29-26-,38-35-. The lowest BCUT2D eigenvalue weighted by atomic mass is 10.0. The van der Waals surface area contributed by atoms with Crippen LogP contribution < -0.4 is 0 Å². The fraction of sp³-hybridized carbons (Fsp3) is 0.719. The summed E-state index contributed by atoms with van der Waals surface area (Å²) in [5.74, 6) is -0.449. The van der Waals surface area contributed by atoms with Gasteiger partial charge in [-0.2, -0.15) is 0 Å². The van der Waals surface area contributed by atoms with Gasteiger partial charge < -0.3 is 14.2 Å². The lowest BCUT2D eigenvalue weighted by Gasteiger charge is -2.18. The molecule has 0 aromatic rings. The van der Waals surface area contributed by atoms with E-state index in [0.29, 0.717) is 19.4 Å². The number of hydrogen-bond donors (Lipinski definition) is 0. The molecule has 0 radical (unpaired) electrons. The second kappa shape index (κ2) is 52.4. The van der Waals surface area contributed by atoms with E-state index >= 15 is 0 Å². The lowest BCUT2D eigenvalue weighted by molar-refractivity contribution is -0.163. The molecular formula is C57H98O5. The summed E-state index contributed by atoms with van der Waals surface area (Å²) in [5.41, 5.74) is 0. The molecule has 0 aromatic heterocycles. The Balaban J connectivity index is 4.35. The van der Waals surface area contributed by atoms with Crippen molar-refractivity contribution in [3.8, 4) is 0 Å². The van der Waals surface area contributed by atoms with E-state index in [4.69, 9.17) is 14.2 Å². The first kappa shape index (κ1) is 59.1. The Labute approximate surface area is 384 Å². The molecule has 0 aliphatic carbocycles. The van der Waals surface area contributed by atoms with Crippen LogP contribution in [0.2, 0.25) is 0 Å². The van der Waals surface area contributed by atoms with Crippen molar-refractivity contribution in [2.24, 2.45) is 0 Å². The van der Waals surface area contributed by atoms with E-state index in [0.717, 1.165) is 96.3 Å². The molecule has 0 aromatic carbocycles. The third kappa shape index (κ3) is 49.7. The average molecular weight is 863 g/mol. The fourth-order valence-electron chi connectivity index (χ4n) is 7.10.